The summed E-state index contributed by atoms with van der Waals surface area (Å²) in [6.45, 7) is 3.63. The fourth-order valence-corrected chi connectivity index (χ4v) is 1.86. The number of ether oxygens (including phenoxy) is 1. The maximum Gasteiger partial charge on any atom is 0.142 e. The highest BCUT2D eigenvalue weighted by Crippen LogP contribution is 2.27. The van der Waals surface area contributed by atoms with E-state index in [9.17, 15) is 0 Å². The van der Waals surface area contributed by atoms with Gasteiger partial charge in [0.1, 0.15) is 5.75 Å². The van der Waals surface area contributed by atoms with Crippen molar-refractivity contribution in [2.75, 3.05) is 12.4 Å². The minimum atomic E-state index is 0.683. The Morgan fingerprint density at radius 1 is 1.44 bits per heavy atom. The van der Waals surface area contributed by atoms with Gasteiger partial charge in [-0.1, -0.05) is 11.6 Å². The highest BCUT2D eigenvalue weighted by atomic mass is 35.5. The fraction of sp³-hybridized carbons (Fsp3) is 0.308. The highest BCUT2D eigenvalue weighted by molar-refractivity contribution is 6.30. The third kappa shape index (κ3) is 2.96. The van der Waals surface area contributed by atoms with Crippen molar-refractivity contribution >= 4 is 17.3 Å². The van der Waals surface area contributed by atoms with Crippen LogP contribution in [0.3, 0.4) is 0 Å². The Morgan fingerprint density at radius 2 is 2.28 bits per heavy atom. The second-order valence-electron chi connectivity index (χ2n) is 3.90. The van der Waals surface area contributed by atoms with Gasteiger partial charge in [-0.25, -0.2) is 0 Å². The molecule has 5 heteroatoms. The molecule has 0 saturated carbocycles. The number of hydrogen-bond donors (Lipinski definition) is 1. The average molecular weight is 266 g/mol. The van der Waals surface area contributed by atoms with Crippen LogP contribution in [0.15, 0.2) is 30.6 Å². The smallest absolute Gasteiger partial charge is 0.142 e. The van der Waals surface area contributed by atoms with Crippen LogP contribution in [0.25, 0.3) is 0 Å². The van der Waals surface area contributed by atoms with Gasteiger partial charge < -0.3 is 10.1 Å². The molecule has 1 N–H and O–H groups in total. The SMILES string of the molecule is CCn1cc(CNc2cc(Cl)ccc2OC)cn1. The molecule has 2 aromatic rings. The Kier molecular flexibility index (Phi) is 4.10. The predicted molar refractivity (Wildman–Crippen MR) is 73.2 cm³/mol. The summed E-state index contributed by atoms with van der Waals surface area (Å²) in [5.41, 5.74) is 2.01. The zero-order valence-electron chi connectivity index (χ0n) is 10.5. The van der Waals surface area contributed by atoms with Crippen LogP contribution in [-0.4, -0.2) is 16.9 Å². The van der Waals surface area contributed by atoms with Gasteiger partial charge in [-0.15, -0.1) is 0 Å². The van der Waals surface area contributed by atoms with Crippen LogP contribution >= 0.6 is 11.6 Å². The number of rotatable bonds is 5. The molecular formula is C13H16ClN3O. The van der Waals surface area contributed by atoms with Crippen molar-refractivity contribution < 1.29 is 4.74 Å². The van der Waals surface area contributed by atoms with E-state index in [0.717, 1.165) is 23.5 Å². The van der Waals surface area contributed by atoms with Crippen molar-refractivity contribution in [1.29, 1.82) is 0 Å². The van der Waals surface area contributed by atoms with Crippen molar-refractivity contribution in [3.63, 3.8) is 0 Å². The number of aryl methyl sites for hydroxylation is 1. The van der Waals surface area contributed by atoms with Crippen molar-refractivity contribution in [3.8, 4) is 5.75 Å². The van der Waals surface area contributed by atoms with Crippen LogP contribution in [0, 0.1) is 0 Å². The van der Waals surface area contributed by atoms with Gasteiger partial charge in [0.25, 0.3) is 0 Å². The Hall–Kier alpha value is -1.68. The molecule has 0 spiro atoms. The van der Waals surface area contributed by atoms with Gasteiger partial charge in [0.15, 0.2) is 0 Å². The lowest BCUT2D eigenvalue weighted by molar-refractivity contribution is 0.416. The van der Waals surface area contributed by atoms with E-state index in [2.05, 4.69) is 17.3 Å². The van der Waals surface area contributed by atoms with Crippen molar-refractivity contribution in [1.82, 2.24) is 9.78 Å². The Bertz CT molecular complexity index is 525. The summed E-state index contributed by atoms with van der Waals surface area (Å²) in [5.74, 6) is 0.780. The van der Waals surface area contributed by atoms with Crippen LogP contribution in [0.5, 0.6) is 5.75 Å². The number of anilines is 1. The van der Waals surface area contributed by atoms with Crippen molar-refractivity contribution in [3.05, 3.63) is 41.2 Å². The molecule has 1 heterocycles. The third-order valence-electron chi connectivity index (χ3n) is 2.66. The molecule has 18 heavy (non-hydrogen) atoms. The van der Waals surface area contributed by atoms with E-state index in [1.54, 1.807) is 13.2 Å². The van der Waals surface area contributed by atoms with Gasteiger partial charge in [0.05, 0.1) is 19.0 Å². The van der Waals surface area contributed by atoms with Crippen molar-refractivity contribution in [2.45, 2.75) is 20.0 Å². The summed E-state index contributed by atoms with van der Waals surface area (Å²) in [7, 11) is 1.64. The summed E-state index contributed by atoms with van der Waals surface area (Å²) in [4.78, 5) is 0. The summed E-state index contributed by atoms with van der Waals surface area (Å²) >= 11 is 5.97. The molecule has 0 aliphatic rings. The predicted octanol–water partition coefficient (Wildman–Crippen LogP) is 3.18. The van der Waals surface area contributed by atoms with Crippen LogP contribution in [-0.2, 0) is 13.1 Å². The monoisotopic (exact) mass is 265 g/mol. The normalized spacial score (nSPS) is 10.4. The number of halogens is 1. The van der Waals surface area contributed by atoms with Crippen LogP contribution in [0.1, 0.15) is 12.5 Å². The van der Waals surface area contributed by atoms with Crippen LogP contribution in [0.4, 0.5) is 5.69 Å². The fourth-order valence-electron chi connectivity index (χ4n) is 1.69. The minimum Gasteiger partial charge on any atom is -0.495 e. The van der Waals surface area contributed by atoms with E-state index < -0.39 is 0 Å². The molecule has 0 radical (unpaired) electrons. The topological polar surface area (TPSA) is 39.1 Å². The Balaban J connectivity index is 2.07. The van der Waals surface area contributed by atoms with E-state index in [4.69, 9.17) is 16.3 Å². The molecular weight excluding hydrogens is 250 g/mol. The molecule has 4 nitrogen and oxygen atoms in total. The largest absolute Gasteiger partial charge is 0.495 e. The molecule has 0 aliphatic heterocycles. The van der Waals surface area contributed by atoms with E-state index >= 15 is 0 Å². The van der Waals surface area contributed by atoms with Gasteiger partial charge in [-0.2, -0.15) is 5.10 Å². The van der Waals surface area contributed by atoms with Crippen LogP contribution < -0.4 is 10.1 Å². The zero-order chi connectivity index (χ0) is 13.0. The lowest BCUT2D eigenvalue weighted by Gasteiger charge is -2.10. The first kappa shape index (κ1) is 12.8. The van der Waals surface area contributed by atoms with Gasteiger partial charge in [-0.3, -0.25) is 4.68 Å². The van der Waals surface area contributed by atoms with E-state index in [0.29, 0.717) is 11.6 Å². The number of aromatic nitrogens is 2. The lowest BCUT2D eigenvalue weighted by Crippen LogP contribution is -2.00. The van der Waals surface area contributed by atoms with Gasteiger partial charge in [0.2, 0.25) is 0 Å². The summed E-state index contributed by atoms with van der Waals surface area (Å²) in [6, 6.07) is 5.51. The second kappa shape index (κ2) is 5.78. The average Bonchev–Trinajstić information content (AvgIpc) is 2.84. The number of methoxy groups -OCH3 is 1. The van der Waals surface area contributed by atoms with E-state index in [1.807, 2.05) is 29.2 Å². The van der Waals surface area contributed by atoms with Gasteiger partial charge >= 0.3 is 0 Å². The highest BCUT2D eigenvalue weighted by Gasteiger charge is 2.04. The van der Waals surface area contributed by atoms with E-state index in [1.165, 1.54) is 0 Å². The second-order valence-corrected chi connectivity index (χ2v) is 4.34. The summed E-state index contributed by atoms with van der Waals surface area (Å²) in [5, 5.41) is 8.21. The maximum atomic E-state index is 5.97. The molecule has 96 valence electrons. The molecule has 2 rings (SSSR count). The molecule has 1 aromatic heterocycles. The first-order valence-corrected chi connectivity index (χ1v) is 6.19. The molecule has 0 saturated heterocycles. The maximum absolute atomic E-state index is 5.97. The number of hydrogen-bond acceptors (Lipinski definition) is 3. The molecule has 0 amide bonds. The lowest BCUT2D eigenvalue weighted by atomic mass is 10.2. The standard InChI is InChI=1S/C13H16ClN3O/c1-3-17-9-10(8-16-17)7-15-12-6-11(14)4-5-13(12)18-2/h4-6,8-9,15H,3,7H2,1-2H3. The van der Waals surface area contributed by atoms with Crippen LogP contribution in [0.2, 0.25) is 5.02 Å². The molecule has 0 fully saturated rings. The third-order valence-corrected chi connectivity index (χ3v) is 2.89. The molecule has 0 atom stereocenters. The quantitative estimate of drug-likeness (QED) is 0.903. The van der Waals surface area contributed by atoms with E-state index in [-0.39, 0.29) is 0 Å². The molecule has 0 bridgehead atoms. The molecule has 1 aromatic carbocycles. The number of benzene rings is 1. The van der Waals surface area contributed by atoms with Gasteiger partial charge in [0, 0.05) is 29.9 Å². The number of nitrogens with one attached hydrogen (secondary N) is 1. The molecule has 0 aliphatic carbocycles. The minimum absolute atomic E-state index is 0.683. The summed E-state index contributed by atoms with van der Waals surface area (Å²) in [6.07, 6.45) is 3.87. The number of nitrogens with zero attached hydrogens (tertiary/aromatic N) is 2. The molecule has 0 unspecified atom stereocenters. The first-order valence-electron chi connectivity index (χ1n) is 5.81. The first-order chi connectivity index (χ1) is 8.72. The van der Waals surface area contributed by atoms with Crippen molar-refractivity contribution in [2.24, 2.45) is 0 Å². The van der Waals surface area contributed by atoms with Gasteiger partial charge in [-0.05, 0) is 25.1 Å². The Morgan fingerprint density at radius 3 is 2.94 bits per heavy atom. The Labute approximate surface area is 112 Å². The zero-order valence-corrected chi connectivity index (χ0v) is 11.2. The summed E-state index contributed by atoms with van der Waals surface area (Å²) < 4.78 is 7.17.